The van der Waals surface area contributed by atoms with E-state index in [9.17, 15) is 14.7 Å². The molecular weight excluding hydrogens is 208 g/mol. The number of hydrogen-bond acceptors (Lipinski definition) is 5. The Labute approximate surface area is 109 Å². The van der Waals surface area contributed by atoms with Crippen molar-refractivity contribution in [1.29, 1.82) is 0 Å². The van der Waals surface area contributed by atoms with Gasteiger partial charge in [0.1, 0.15) is 5.69 Å². The summed E-state index contributed by atoms with van der Waals surface area (Å²) in [6, 6.07) is 2.49. The quantitative estimate of drug-likeness (QED) is 0.462. The average molecular weight is 213 g/mol. The molecule has 0 aliphatic heterocycles. The number of aromatic nitrogens is 2. The Bertz CT molecular complexity index is 370. The zero-order chi connectivity index (χ0) is 10.7. The van der Waals surface area contributed by atoms with E-state index in [0.29, 0.717) is 0 Å². The van der Waals surface area contributed by atoms with Gasteiger partial charge in [-0.1, -0.05) is 0 Å². The Balaban J connectivity index is 0.00000196. The number of anilines is 1. The van der Waals surface area contributed by atoms with Crippen molar-refractivity contribution in [1.82, 2.24) is 10.2 Å². The summed E-state index contributed by atoms with van der Waals surface area (Å²) in [6.45, 7) is 0. The molecule has 2 radical (unpaired) electrons. The number of aromatic carboxylic acids is 1. The minimum Gasteiger partial charge on any atom is -0.543 e. The van der Waals surface area contributed by atoms with E-state index < -0.39 is 11.8 Å². The van der Waals surface area contributed by atoms with Crippen molar-refractivity contribution in [3.63, 3.8) is 0 Å². The van der Waals surface area contributed by atoms with E-state index >= 15 is 0 Å². The minimum absolute atomic E-state index is 0. The molecule has 0 aliphatic rings. The van der Waals surface area contributed by atoms with Crippen molar-refractivity contribution in [2.45, 2.75) is 0 Å². The third-order valence-corrected chi connectivity index (χ3v) is 1.53. The van der Waals surface area contributed by atoms with Crippen molar-refractivity contribution < 1.29 is 44.3 Å². The van der Waals surface area contributed by atoms with E-state index in [-0.39, 0.29) is 41.1 Å². The van der Waals surface area contributed by atoms with Crippen LogP contribution in [-0.2, 0) is 0 Å². The standard InChI is InChI=1S/C7H6BN3O3.Na/c1-11(7(8)14)5-3-2-4(6(12)13)9-10-5;/h2-3H,1H3,(H,12,13);/q;+1/p-1. The van der Waals surface area contributed by atoms with Gasteiger partial charge in [0.2, 0.25) is 7.85 Å². The van der Waals surface area contributed by atoms with Gasteiger partial charge in [-0.25, -0.2) is 0 Å². The summed E-state index contributed by atoms with van der Waals surface area (Å²) in [5.74, 6) is -1.96. The van der Waals surface area contributed by atoms with Crippen molar-refractivity contribution >= 4 is 25.4 Å². The summed E-state index contributed by atoms with van der Waals surface area (Å²) in [5.41, 5.74) is -0.299. The topological polar surface area (TPSA) is 86.2 Å². The Hall–Kier alpha value is -0.915. The van der Waals surface area contributed by atoms with Crippen LogP contribution >= 0.6 is 0 Å². The molecule has 0 saturated heterocycles. The van der Waals surface area contributed by atoms with E-state index in [0.717, 1.165) is 4.90 Å². The average Bonchev–Trinajstić information content (AvgIpc) is 2.16. The first-order valence-corrected chi connectivity index (χ1v) is 3.60. The second-order valence-corrected chi connectivity index (χ2v) is 2.46. The zero-order valence-corrected chi connectivity index (χ0v) is 10.3. The molecule has 1 aromatic rings. The molecule has 70 valence electrons. The number of carbonyl (C=O) groups is 2. The summed E-state index contributed by atoms with van der Waals surface area (Å²) in [7, 11) is 6.35. The zero-order valence-electron chi connectivity index (χ0n) is 8.30. The second-order valence-electron chi connectivity index (χ2n) is 2.46. The fourth-order valence-corrected chi connectivity index (χ4v) is 0.726. The van der Waals surface area contributed by atoms with Crippen LogP contribution in [0.1, 0.15) is 10.5 Å². The molecule has 0 aromatic carbocycles. The molecule has 1 aromatic heterocycles. The molecule has 1 amide bonds. The maximum Gasteiger partial charge on any atom is 1.00 e. The summed E-state index contributed by atoms with van der Waals surface area (Å²) in [5, 5.41) is 17.1. The molecule has 0 aliphatic carbocycles. The predicted molar refractivity (Wildman–Crippen MR) is 45.9 cm³/mol. The van der Waals surface area contributed by atoms with E-state index in [4.69, 9.17) is 7.85 Å². The van der Waals surface area contributed by atoms with Gasteiger partial charge in [0.15, 0.2) is 11.6 Å². The Morgan fingerprint density at radius 2 is 2.00 bits per heavy atom. The van der Waals surface area contributed by atoms with E-state index in [1.165, 1.54) is 19.2 Å². The van der Waals surface area contributed by atoms with Crippen molar-refractivity contribution in [3.05, 3.63) is 17.8 Å². The minimum atomic E-state index is -1.43. The number of hydrogen-bond donors (Lipinski definition) is 0. The van der Waals surface area contributed by atoms with Gasteiger partial charge >= 0.3 is 29.6 Å². The van der Waals surface area contributed by atoms with Gasteiger partial charge in [-0.15, -0.1) is 10.2 Å². The number of nitrogens with zero attached hydrogens (tertiary/aromatic N) is 3. The number of rotatable bonds is 2. The van der Waals surface area contributed by atoms with Gasteiger partial charge in [0, 0.05) is 7.05 Å². The fraction of sp³-hybridized carbons (Fsp3) is 0.143. The SMILES string of the molecule is [B]C(=O)N(C)c1ccc(C(=O)[O-])nn1.[Na+]. The first kappa shape index (κ1) is 14.1. The third kappa shape index (κ3) is 3.62. The van der Waals surface area contributed by atoms with Gasteiger partial charge < -0.3 is 14.8 Å². The first-order chi connectivity index (χ1) is 6.52. The molecule has 0 atom stereocenters. The number of carboxylic acids is 1. The van der Waals surface area contributed by atoms with Crippen LogP contribution in [0.4, 0.5) is 10.6 Å². The van der Waals surface area contributed by atoms with Crippen LogP contribution in [0.2, 0.25) is 0 Å². The monoisotopic (exact) mass is 213 g/mol. The van der Waals surface area contributed by atoms with E-state index in [1.54, 1.807) is 0 Å². The second kappa shape index (κ2) is 5.84. The van der Waals surface area contributed by atoms with Crippen LogP contribution in [0.3, 0.4) is 0 Å². The maximum absolute atomic E-state index is 10.7. The van der Waals surface area contributed by atoms with Crippen LogP contribution < -0.4 is 39.6 Å². The molecule has 0 saturated carbocycles. The largest absolute Gasteiger partial charge is 1.00 e. The van der Waals surface area contributed by atoms with Crippen molar-refractivity contribution in [2.24, 2.45) is 0 Å². The van der Waals surface area contributed by atoms with E-state index in [1.807, 2.05) is 0 Å². The Morgan fingerprint density at radius 3 is 2.33 bits per heavy atom. The molecule has 1 rings (SSSR count). The van der Waals surface area contributed by atoms with Gasteiger partial charge in [0.25, 0.3) is 0 Å². The summed E-state index contributed by atoms with van der Waals surface area (Å²) in [6.07, 6.45) is 0. The Morgan fingerprint density at radius 1 is 1.40 bits per heavy atom. The molecule has 0 unspecified atom stereocenters. The van der Waals surface area contributed by atoms with Crippen LogP contribution in [0.25, 0.3) is 0 Å². The molecular formula is C7H5BN3NaO3. The maximum atomic E-state index is 10.7. The smallest absolute Gasteiger partial charge is 0.543 e. The van der Waals surface area contributed by atoms with Crippen LogP contribution in [0.15, 0.2) is 12.1 Å². The molecule has 6 nitrogen and oxygen atoms in total. The fourth-order valence-electron chi connectivity index (χ4n) is 0.726. The normalized spacial score (nSPS) is 8.87. The van der Waals surface area contributed by atoms with Crippen LogP contribution in [0.5, 0.6) is 0 Å². The summed E-state index contributed by atoms with van der Waals surface area (Å²) >= 11 is 0. The van der Waals surface area contributed by atoms with Crippen molar-refractivity contribution in [2.75, 3.05) is 11.9 Å². The molecule has 1 heterocycles. The Kier molecular flexibility index (Phi) is 5.49. The van der Waals surface area contributed by atoms with Gasteiger partial charge in [0.05, 0.1) is 5.97 Å². The molecule has 0 N–H and O–H groups in total. The predicted octanol–water partition coefficient (Wildman–Crippen LogP) is -4.43. The van der Waals surface area contributed by atoms with Crippen molar-refractivity contribution in [3.8, 4) is 0 Å². The van der Waals surface area contributed by atoms with Gasteiger partial charge in [-0.3, -0.25) is 4.79 Å². The summed E-state index contributed by atoms with van der Waals surface area (Å²) in [4.78, 5) is 22.0. The first-order valence-electron chi connectivity index (χ1n) is 3.60. The third-order valence-electron chi connectivity index (χ3n) is 1.53. The molecule has 0 fully saturated rings. The number of amides is 1. The molecule has 15 heavy (non-hydrogen) atoms. The number of carbonyl (C=O) groups excluding carboxylic acids is 2. The van der Waals surface area contributed by atoms with Gasteiger partial charge in [-0.2, -0.15) is 0 Å². The van der Waals surface area contributed by atoms with Crippen LogP contribution in [0, 0.1) is 0 Å². The molecule has 8 heteroatoms. The molecule has 0 spiro atoms. The number of carboxylic acid groups (broad SMARTS) is 1. The summed E-state index contributed by atoms with van der Waals surface area (Å²) < 4.78 is 0. The van der Waals surface area contributed by atoms with Gasteiger partial charge in [-0.05, 0) is 12.1 Å². The van der Waals surface area contributed by atoms with E-state index in [2.05, 4.69) is 10.2 Å². The van der Waals surface area contributed by atoms with Crippen LogP contribution in [-0.4, -0.2) is 36.9 Å². The molecule has 0 bridgehead atoms.